The molecule has 2 N–H and O–H groups in total. The van der Waals surface area contributed by atoms with E-state index < -0.39 is 0 Å². The molecule has 2 heterocycles. The Morgan fingerprint density at radius 2 is 2.09 bits per heavy atom. The van der Waals surface area contributed by atoms with E-state index in [-0.39, 0.29) is 5.91 Å². The fraction of sp³-hybridized carbons (Fsp3) is 0.176. The van der Waals surface area contributed by atoms with Crippen LogP contribution >= 0.6 is 0 Å². The Kier molecular flexibility index (Phi) is 3.78. The molecule has 2 aromatic heterocycles. The van der Waals surface area contributed by atoms with Crippen LogP contribution in [0.3, 0.4) is 0 Å². The van der Waals surface area contributed by atoms with Crippen molar-refractivity contribution in [3.8, 4) is 5.88 Å². The van der Waals surface area contributed by atoms with Crippen LogP contribution in [0.25, 0.3) is 10.9 Å². The smallest absolute Gasteiger partial charge is 0.228 e. The van der Waals surface area contributed by atoms with Gasteiger partial charge >= 0.3 is 0 Å². The maximum Gasteiger partial charge on any atom is 0.228 e. The zero-order valence-corrected chi connectivity index (χ0v) is 12.5. The molecule has 0 saturated carbocycles. The third-order valence-electron chi connectivity index (χ3n) is 3.59. The Labute approximate surface area is 128 Å². The first-order valence-corrected chi connectivity index (χ1v) is 7.03. The second-order valence-corrected chi connectivity index (χ2v) is 5.09. The molecular weight excluding hydrogens is 278 g/mol. The number of carbonyl (C=O) groups excluding carboxylic acids is 1. The van der Waals surface area contributed by atoms with E-state index in [0.717, 1.165) is 22.2 Å². The zero-order chi connectivity index (χ0) is 15.5. The number of nitrogens with one attached hydrogen (secondary N) is 2. The molecule has 0 aliphatic rings. The molecule has 3 rings (SSSR count). The van der Waals surface area contributed by atoms with Crippen molar-refractivity contribution in [1.29, 1.82) is 0 Å². The Morgan fingerprint density at radius 3 is 2.82 bits per heavy atom. The Balaban J connectivity index is 1.76. The van der Waals surface area contributed by atoms with E-state index in [1.54, 1.807) is 25.4 Å². The third kappa shape index (κ3) is 2.79. The number of carbonyl (C=O) groups is 1. The van der Waals surface area contributed by atoms with E-state index in [0.29, 0.717) is 18.0 Å². The first kappa shape index (κ1) is 14.1. The normalized spacial score (nSPS) is 10.6. The first-order valence-electron chi connectivity index (χ1n) is 7.03. The molecule has 22 heavy (non-hydrogen) atoms. The second-order valence-electron chi connectivity index (χ2n) is 5.09. The Hall–Kier alpha value is -2.82. The predicted molar refractivity (Wildman–Crippen MR) is 86.2 cm³/mol. The van der Waals surface area contributed by atoms with Gasteiger partial charge < -0.3 is 15.0 Å². The molecule has 0 bridgehead atoms. The number of nitrogens with zero attached hydrogens (tertiary/aromatic N) is 1. The molecule has 0 fully saturated rings. The number of pyridine rings is 1. The number of hydrogen-bond donors (Lipinski definition) is 2. The molecule has 0 spiro atoms. The van der Waals surface area contributed by atoms with Crippen molar-refractivity contribution in [3.63, 3.8) is 0 Å². The number of hydrogen-bond acceptors (Lipinski definition) is 3. The summed E-state index contributed by atoms with van der Waals surface area (Å²) in [5.41, 5.74) is 3.75. The lowest BCUT2D eigenvalue weighted by molar-refractivity contribution is -0.115. The number of H-pyrrole nitrogens is 1. The number of amides is 1. The van der Waals surface area contributed by atoms with Gasteiger partial charge in [0.2, 0.25) is 11.8 Å². The van der Waals surface area contributed by atoms with Crippen LogP contribution < -0.4 is 10.1 Å². The van der Waals surface area contributed by atoms with E-state index in [2.05, 4.69) is 15.3 Å². The number of ether oxygens (including phenoxy) is 1. The third-order valence-corrected chi connectivity index (χ3v) is 3.59. The number of fused-ring (bicyclic) bond motifs is 1. The molecule has 5 nitrogen and oxygen atoms in total. The molecule has 0 radical (unpaired) electrons. The minimum absolute atomic E-state index is 0.0696. The Bertz CT molecular complexity index is 806. The number of aromatic nitrogens is 2. The van der Waals surface area contributed by atoms with Crippen molar-refractivity contribution in [1.82, 2.24) is 9.97 Å². The summed E-state index contributed by atoms with van der Waals surface area (Å²) in [7, 11) is 1.56. The molecule has 0 unspecified atom stereocenters. The van der Waals surface area contributed by atoms with Gasteiger partial charge in [0.1, 0.15) is 0 Å². The maximum absolute atomic E-state index is 12.2. The van der Waals surface area contributed by atoms with Crippen molar-refractivity contribution in [2.24, 2.45) is 0 Å². The number of methoxy groups -OCH3 is 1. The highest BCUT2D eigenvalue weighted by atomic mass is 16.5. The molecule has 0 atom stereocenters. The van der Waals surface area contributed by atoms with Gasteiger partial charge in [-0.1, -0.05) is 18.2 Å². The fourth-order valence-corrected chi connectivity index (χ4v) is 2.50. The predicted octanol–water partition coefficient (Wildman–Crippen LogP) is 3.06. The molecule has 112 valence electrons. The van der Waals surface area contributed by atoms with Gasteiger partial charge in [-0.3, -0.25) is 4.79 Å². The monoisotopic (exact) mass is 295 g/mol. The summed E-state index contributed by atoms with van der Waals surface area (Å²) in [6.07, 6.45) is 1.90. The van der Waals surface area contributed by atoms with E-state index in [1.807, 2.05) is 31.2 Å². The summed E-state index contributed by atoms with van der Waals surface area (Å²) in [6, 6.07) is 11.5. The van der Waals surface area contributed by atoms with Gasteiger partial charge in [0.25, 0.3) is 0 Å². The van der Waals surface area contributed by atoms with E-state index >= 15 is 0 Å². The minimum atomic E-state index is -0.0696. The van der Waals surface area contributed by atoms with Gasteiger partial charge in [-0.05, 0) is 24.6 Å². The average Bonchev–Trinajstić information content (AvgIpc) is 2.84. The highest BCUT2D eigenvalue weighted by molar-refractivity contribution is 5.96. The quantitative estimate of drug-likeness (QED) is 0.777. The highest BCUT2D eigenvalue weighted by Gasteiger charge is 2.12. The van der Waals surface area contributed by atoms with Crippen LogP contribution in [0.5, 0.6) is 5.88 Å². The summed E-state index contributed by atoms with van der Waals surface area (Å²) >= 11 is 0. The zero-order valence-electron chi connectivity index (χ0n) is 12.5. The lowest BCUT2D eigenvalue weighted by Gasteiger charge is -2.06. The number of rotatable bonds is 4. The number of aryl methyl sites for hydroxylation is 1. The van der Waals surface area contributed by atoms with Crippen LogP contribution in [0.15, 0.2) is 42.6 Å². The van der Waals surface area contributed by atoms with Crippen LogP contribution in [0.4, 0.5) is 5.69 Å². The summed E-state index contributed by atoms with van der Waals surface area (Å²) in [6.45, 7) is 1.98. The lowest BCUT2D eigenvalue weighted by Crippen LogP contribution is -2.14. The standard InChI is InChI=1S/C17H17N3O2/c1-11-14(13-5-3-4-6-15(13)19-11)9-16(21)20-12-7-8-17(22-2)18-10-12/h3-8,10,19H,9H2,1-2H3,(H,20,21). The summed E-state index contributed by atoms with van der Waals surface area (Å²) in [4.78, 5) is 19.6. The lowest BCUT2D eigenvalue weighted by atomic mass is 10.1. The molecule has 1 amide bonds. The van der Waals surface area contributed by atoms with E-state index in [9.17, 15) is 4.79 Å². The molecule has 3 aromatic rings. The van der Waals surface area contributed by atoms with E-state index in [1.165, 1.54) is 0 Å². The van der Waals surface area contributed by atoms with Gasteiger partial charge in [0.15, 0.2) is 0 Å². The van der Waals surface area contributed by atoms with Crippen molar-refractivity contribution in [2.45, 2.75) is 13.3 Å². The molecular formula is C17H17N3O2. The summed E-state index contributed by atoms with van der Waals surface area (Å²) in [5, 5.41) is 3.94. The minimum Gasteiger partial charge on any atom is -0.481 e. The molecule has 0 saturated heterocycles. The average molecular weight is 295 g/mol. The largest absolute Gasteiger partial charge is 0.481 e. The summed E-state index contributed by atoms with van der Waals surface area (Å²) < 4.78 is 5.00. The number of aromatic amines is 1. The molecule has 5 heteroatoms. The van der Waals surface area contributed by atoms with Crippen LogP contribution in [-0.4, -0.2) is 23.0 Å². The van der Waals surface area contributed by atoms with E-state index in [4.69, 9.17) is 4.74 Å². The Morgan fingerprint density at radius 1 is 1.27 bits per heavy atom. The van der Waals surface area contributed by atoms with Gasteiger partial charge in [0, 0.05) is 22.7 Å². The SMILES string of the molecule is COc1ccc(NC(=O)Cc2c(C)[nH]c3ccccc23)cn1. The van der Waals surface area contributed by atoms with Crippen LogP contribution in [0, 0.1) is 6.92 Å². The maximum atomic E-state index is 12.2. The highest BCUT2D eigenvalue weighted by Crippen LogP contribution is 2.22. The van der Waals surface area contributed by atoms with Crippen molar-refractivity contribution in [2.75, 3.05) is 12.4 Å². The van der Waals surface area contributed by atoms with Crippen molar-refractivity contribution >= 4 is 22.5 Å². The summed E-state index contributed by atoms with van der Waals surface area (Å²) in [5.74, 6) is 0.449. The number of para-hydroxylation sites is 1. The van der Waals surface area contributed by atoms with Crippen LogP contribution in [-0.2, 0) is 11.2 Å². The van der Waals surface area contributed by atoms with Gasteiger partial charge in [-0.2, -0.15) is 0 Å². The van der Waals surface area contributed by atoms with Gasteiger partial charge in [-0.25, -0.2) is 4.98 Å². The second kappa shape index (κ2) is 5.89. The van der Waals surface area contributed by atoms with Crippen molar-refractivity contribution in [3.05, 3.63) is 53.9 Å². The topological polar surface area (TPSA) is 67.0 Å². The molecule has 0 aliphatic heterocycles. The number of benzene rings is 1. The van der Waals surface area contributed by atoms with Crippen LogP contribution in [0.1, 0.15) is 11.3 Å². The van der Waals surface area contributed by atoms with Crippen molar-refractivity contribution < 1.29 is 9.53 Å². The molecule has 1 aromatic carbocycles. The van der Waals surface area contributed by atoms with Crippen LogP contribution in [0.2, 0.25) is 0 Å². The van der Waals surface area contributed by atoms with Gasteiger partial charge in [0.05, 0.1) is 25.4 Å². The first-order chi connectivity index (χ1) is 10.7. The molecule has 0 aliphatic carbocycles. The number of anilines is 1. The fourth-order valence-electron chi connectivity index (χ4n) is 2.50. The van der Waals surface area contributed by atoms with Gasteiger partial charge in [-0.15, -0.1) is 0 Å².